The molecule has 0 bridgehead atoms. The van der Waals surface area contributed by atoms with E-state index < -0.39 is 6.10 Å². The first kappa shape index (κ1) is 17.9. The van der Waals surface area contributed by atoms with Crippen LogP contribution in [-0.2, 0) is 4.79 Å². The Balaban J connectivity index is 2.43. The number of β-amino-alcohol motifs (C(OH)–C–C–N with tert-alkyl or cyclic N) is 1. The summed E-state index contributed by atoms with van der Waals surface area (Å²) in [5.74, 6) is 0.0457. The number of rotatable bonds is 5. The molecule has 1 fully saturated rings. The number of allylic oxidation sites excluding steroid dienone is 3. The number of hydrogen-bond acceptors (Lipinski definition) is 3. The summed E-state index contributed by atoms with van der Waals surface area (Å²) in [4.78, 5) is 15.4. The molecule has 1 atom stereocenters. The van der Waals surface area contributed by atoms with Crippen LogP contribution < -0.4 is 0 Å². The van der Waals surface area contributed by atoms with Crippen molar-refractivity contribution in [3.63, 3.8) is 0 Å². The number of hydrogen-bond donors (Lipinski definition) is 1. The van der Waals surface area contributed by atoms with Crippen LogP contribution in [0.2, 0.25) is 0 Å². The third-order valence-electron chi connectivity index (χ3n) is 3.82. The van der Waals surface area contributed by atoms with Crippen molar-refractivity contribution in [1.82, 2.24) is 9.80 Å². The van der Waals surface area contributed by atoms with Crippen molar-refractivity contribution in [3.05, 3.63) is 23.3 Å². The van der Waals surface area contributed by atoms with Crippen molar-refractivity contribution in [3.8, 4) is 0 Å². The van der Waals surface area contributed by atoms with E-state index in [-0.39, 0.29) is 5.91 Å². The summed E-state index contributed by atoms with van der Waals surface area (Å²) >= 11 is 0. The van der Waals surface area contributed by atoms with Crippen molar-refractivity contribution >= 4 is 5.91 Å². The van der Waals surface area contributed by atoms with Gasteiger partial charge in [0.1, 0.15) is 0 Å². The van der Waals surface area contributed by atoms with Crippen LogP contribution in [-0.4, -0.2) is 59.6 Å². The molecule has 1 aliphatic rings. The first-order chi connectivity index (χ1) is 9.88. The topological polar surface area (TPSA) is 43.8 Å². The summed E-state index contributed by atoms with van der Waals surface area (Å²) in [6.45, 7) is 11.5. The molecule has 4 nitrogen and oxygen atoms in total. The minimum Gasteiger partial charge on any atom is -0.390 e. The van der Waals surface area contributed by atoms with Crippen LogP contribution in [0.15, 0.2) is 23.3 Å². The summed E-state index contributed by atoms with van der Waals surface area (Å²) in [5.41, 5.74) is 2.75. The molecule has 1 saturated heterocycles. The molecule has 1 heterocycles. The summed E-state index contributed by atoms with van der Waals surface area (Å²) in [6.07, 6.45) is 6.23. The van der Waals surface area contributed by atoms with Gasteiger partial charge < -0.3 is 10.0 Å². The van der Waals surface area contributed by atoms with Crippen LogP contribution in [0.5, 0.6) is 0 Å². The molecule has 120 valence electrons. The fourth-order valence-corrected chi connectivity index (χ4v) is 2.48. The van der Waals surface area contributed by atoms with Gasteiger partial charge in [0.05, 0.1) is 6.10 Å². The zero-order valence-corrected chi connectivity index (χ0v) is 13.9. The SMILES string of the molecule is CC(=O)N1CCN(C/C=C(\C)CCC=C(C)C)C[C@@H](O)C1. The predicted molar refractivity (Wildman–Crippen MR) is 87.1 cm³/mol. The first-order valence-corrected chi connectivity index (χ1v) is 7.83. The van der Waals surface area contributed by atoms with E-state index in [1.807, 2.05) is 0 Å². The number of nitrogens with zero attached hydrogens (tertiary/aromatic N) is 2. The van der Waals surface area contributed by atoms with Crippen molar-refractivity contribution in [2.24, 2.45) is 0 Å². The van der Waals surface area contributed by atoms with E-state index in [4.69, 9.17) is 0 Å². The van der Waals surface area contributed by atoms with Gasteiger partial charge in [0.25, 0.3) is 0 Å². The van der Waals surface area contributed by atoms with Crippen LogP contribution in [0.3, 0.4) is 0 Å². The second kappa shape index (κ2) is 9.00. The molecule has 0 unspecified atom stereocenters. The number of carbonyl (C=O) groups excluding carboxylic acids is 1. The molecule has 1 amide bonds. The van der Waals surface area contributed by atoms with Crippen LogP contribution >= 0.6 is 0 Å². The van der Waals surface area contributed by atoms with E-state index in [9.17, 15) is 9.90 Å². The molecular weight excluding hydrogens is 264 g/mol. The summed E-state index contributed by atoms with van der Waals surface area (Å²) in [5, 5.41) is 9.98. The van der Waals surface area contributed by atoms with Gasteiger partial charge in [-0.3, -0.25) is 9.69 Å². The quantitative estimate of drug-likeness (QED) is 0.791. The highest BCUT2D eigenvalue weighted by atomic mass is 16.3. The Morgan fingerprint density at radius 3 is 2.48 bits per heavy atom. The molecule has 0 spiro atoms. The van der Waals surface area contributed by atoms with Gasteiger partial charge in [0, 0.05) is 39.6 Å². The van der Waals surface area contributed by atoms with E-state index in [0.717, 1.165) is 25.9 Å². The highest BCUT2D eigenvalue weighted by Crippen LogP contribution is 2.09. The lowest BCUT2D eigenvalue weighted by Gasteiger charge is -2.19. The third kappa shape index (κ3) is 7.44. The fraction of sp³-hybridized carbons (Fsp3) is 0.706. The largest absolute Gasteiger partial charge is 0.390 e. The second-order valence-corrected chi connectivity index (χ2v) is 6.25. The Morgan fingerprint density at radius 2 is 1.86 bits per heavy atom. The zero-order valence-electron chi connectivity index (χ0n) is 13.9. The highest BCUT2D eigenvalue weighted by Gasteiger charge is 2.21. The van der Waals surface area contributed by atoms with Crippen molar-refractivity contribution in [2.75, 3.05) is 32.7 Å². The number of aliphatic hydroxyl groups is 1. The maximum Gasteiger partial charge on any atom is 0.219 e. The Labute approximate surface area is 129 Å². The maximum atomic E-state index is 11.4. The fourth-order valence-electron chi connectivity index (χ4n) is 2.48. The maximum absolute atomic E-state index is 11.4. The smallest absolute Gasteiger partial charge is 0.219 e. The molecular formula is C17H30N2O2. The molecule has 0 aromatic rings. The van der Waals surface area contributed by atoms with Gasteiger partial charge in [-0.1, -0.05) is 23.3 Å². The van der Waals surface area contributed by atoms with Crippen LogP contribution in [0, 0.1) is 0 Å². The summed E-state index contributed by atoms with van der Waals surface area (Å²) in [6, 6.07) is 0. The number of carbonyl (C=O) groups is 1. The summed E-state index contributed by atoms with van der Waals surface area (Å²) in [7, 11) is 0. The lowest BCUT2D eigenvalue weighted by molar-refractivity contribution is -0.129. The molecule has 1 aliphatic heterocycles. The standard InChI is InChI=1S/C17H30N2O2/c1-14(2)6-5-7-15(3)8-9-18-10-11-19(16(4)20)13-17(21)12-18/h6,8,17,21H,5,7,9-13H2,1-4H3/b15-8+/t17-/m1/s1. The van der Waals surface area contributed by atoms with Crippen LogP contribution in [0.25, 0.3) is 0 Å². The van der Waals surface area contributed by atoms with Gasteiger partial charge in [-0.05, 0) is 33.6 Å². The van der Waals surface area contributed by atoms with Gasteiger partial charge in [-0.15, -0.1) is 0 Å². The number of amides is 1. The molecule has 1 N–H and O–H groups in total. The second-order valence-electron chi connectivity index (χ2n) is 6.25. The van der Waals surface area contributed by atoms with Crippen molar-refractivity contribution in [1.29, 1.82) is 0 Å². The average molecular weight is 294 g/mol. The molecule has 4 heteroatoms. The molecule has 0 radical (unpaired) electrons. The average Bonchev–Trinajstić information content (AvgIpc) is 2.57. The molecule has 1 rings (SSSR count). The van der Waals surface area contributed by atoms with Crippen LogP contribution in [0.1, 0.15) is 40.5 Å². The summed E-state index contributed by atoms with van der Waals surface area (Å²) < 4.78 is 0. The van der Waals surface area contributed by atoms with E-state index in [2.05, 4.69) is 37.8 Å². The third-order valence-corrected chi connectivity index (χ3v) is 3.82. The van der Waals surface area contributed by atoms with E-state index in [1.165, 1.54) is 11.1 Å². The van der Waals surface area contributed by atoms with E-state index in [0.29, 0.717) is 19.6 Å². The molecule has 0 saturated carbocycles. The van der Waals surface area contributed by atoms with Gasteiger partial charge in [-0.25, -0.2) is 0 Å². The number of aliphatic hydroxyl groups excluding tert-OH is 1. The van der Waals surface area contributed by atoms with Gasteiger partial charge in [0.2, 0.25) is 5.91 Å². The lowest BCUT2D eigenvalue weighted by Crippen LogP contribution is -2.36. The highest BCUT2D eigenvalue weighted by molar-refractivity contribution is 5.73. The van der Waals surface area contributed by atoms with Crippen molar-refractivity contribution in [2.45, 2.75) is 46.6 Å². The Hall–Kier alpha value is -1.13. The first-order valence-electron chi connectivity index (χ1n) is 7.83. The molecule has 0 aromatic heterocycles. The van der Waals surface area contributed by atoms with Gasteiger partial charge in [-0.2, -0.15) is 0 Å². The van der Waals surface area contributed by atoms with Gasteiger partial charge >= 0.3 is 0 Å². The lowest BCUT2D eigenvalue weighted by atomic mass is 10.1. The predicted octanol–water partition coefficient (Wildman–Crippen LogP) is 2.20. The monoisotopic (exact) mass is 294 g/mol. The Bertz CT molecular complexity index is 398. The molecule has 0 aliphatic carbocycles. The zero-order chi connectivity index (χ0) is 15.8. The minimum atomic E-state index is -0.448. The Morgan fingerprint density at radius 1 is 1.14 bits per heavy atom. The molecule has 0 aromatic carbocycles. The minimum absolute atomic E-state index is 0.0457. The Kier molecular flexibility index (Phi) is 7.68. The van der Waals surface area contributed by atoms with E-state index in [1.54, 1.807) is 11.8 Å². The van der Waals surface area contributed by atoms with Crippen molar-refractivity contribution < 1.29 is 9.90 Å². The van der Waals surface area contributed by atoms with Crippen LogP contribution in [0.4, 0.5) is 0 Å². The van der Waals surface area contributed by atoms with Gasteiger partial charge in [0.15, 0.2) is 0 Å². The molecule has 21 heavy (non-hydrogen) atoms. The van der Waals surface area contributed by atoms with E-state index >= 15 is 0 Å². The normalized spacial score (nSPS) is 21.1.